The molecule has 5 aromatic rings. The summed E-state index contributed by atoms with van der Waals surface area (Å²) in [7, 11) is 3.19. The van der Waals surface area contributed by atoms with Crippen LogP contribution in [0.2, 0.25) is 0 Å². The number of aromatic nitrogens is 2. The summed E-state index contributed by atoms with van der Waals surface area (Å²) < 4.78 is 16.6. The fourth-order valence-corrected chi connectivity index (χ4v) is 6.34. The van der Waals surface area contributed by atoms with Gasteiger partial charge in [0.05, 0.1) is 19.2 Å². The maximum Gasteiger partial charge on any atom is 0.186 e. The van der Waals surface area contributed by atoms with Crippen LogP contribution in [0.5, 0.6) is 11.5 Å². The van der Waals surface area contributed by atoms with E-state index in [1.807, 2.05) is 24.3 Å². The molecule has 0 atom stereocenters. The predicted octanol–water partition coefficient (Wildman–Crippen LogP) is 5.97. The molecule has 0 bridgehead atoms. The van der Waals surface area contributed by atoms with E-state index < -0.39 is 0 Å². The maximum atomic E-state index is 13.2. The molecule has 1 saturated heterocycles. The largest absolute Gasteiger partial charge is 0.493 e. The molecule has 10 nitrogen and oxygen atoms in total. The van der Waals surface area contributed by atoms with Crippen molar-refractivity contribution >= 4 is 56.0 Å². The number of piperazine rings is 1. The summed E-state index contributed by atoms with van der Waals surface area (Å²) in [4.78, 5) is 39.4. The van der Waals surface area contributed by atoms with Gasteiger partial charge in [-0.2, -0.15) is 0 Å². The van der Waals surface area contributed by atoms with Gasteiger partial charge < -0.3 is 24.4 Å². The molecular formula is C39H37N5O5. The molecule has 1 fully saturated rings. The molecule has 1 aliphatic carbocycles. The Morgan fingerprint density at radius 1 is 0.816 bits per heavy atom. The number of benzene rings is 4. The summed E-state index contributed by atoms with van der Waals surface area (Å²) in [6, 6.07) is 24.7. The van der Waals surface area contributed by atoms with Crippen molar-refractivity contribution in [3.05, 3.63) is 108 Å². The number of allylic oxidation sites excluding steroid dienone is 4. The molecule has 1 N–H and O–H groups in total. The molecule has 7 rings (SSSR count). The summed E-state index contributed by atoms with van der Waals surface area (Å²) in [5.41, 5.74) is 4.52. The first-order chi connectivity index (χ1) is 24.0. The van der Waals surface area contributed by atoms with E-state index in [1.165, 1.54) is 40.9 Å². The molecule has 2 heterocycles. The van der Waals surface area contributed by atoms with Crippen molar-refractivity contribution in [3.8, 4) is 11.5 Å². The minimum absolute atomic E-state index is 0.230. The van der Waals surface area contributed by atoms with Gasteiger partial charge in [-0.1, -0.05) is 36.4 Å². The Kier molecular flexibility index (Phi) is 9.31. The lowest BCUT2D eigenvalue weighted by Crippen LogP contribution is -2.46. The molecule has 1 aromatic heterocycles. The highest BCUT2D eigenvalue weighted by atomic mass is 16.5. The Hall–Kier alpha value is -5.58. The number of hydrogen-bond donors (Lipinski definition) is 1. The van der Waals surface area contributed by atoms with Crippen molar-refractivity contribution in [2.75, 3.05) is 63.8 Å². The Morgan fingerprint density at radius 2 is 1.65 bits per heavy atom. The summed E-state index contributed by atoms with van der Waals surface area (Å²) in [5.74, 6) is 1.13. The first-order valence-electron chi connectivity index (χ1n) is 16.3. The third-order valence-corrected chi connectivity index (χ3v) is 8.92. The lowest BCUT2D eigenvalue weighted by Gasteiger charge is -2.36. The zero-order valence-electron chi connectivity index (χ0n) is 27.5. The Labute approximate surface area is 284 Å². The molecule has 49 heavy (non-hydrogen) atoms. The van der Waals surface area contributed by atoms with E-state index in [9.17, 15) is 9.59 Å². The van der Waals surface area contributed by atoms with Crippen molar-refractivity contribution < 1.29 is 23.8 Å². The van der Waals surface area contributed by atoms with Crippen LogP contribution in [-0.2, 0) is 20.9 Å². The summed E-state index contributed by atoms with van der Waals surface area (Å²) in [6.45, 7) is 5.15. The highest BCUT2D eigenvalue weighted by Gasteiger charge is 2.23. The number of rotatable bonds is 11. The fourth-order valence-electron chi connectivity index (χ4n) is 6.34. The van der Waals surface area contributed by atoms with E-state index in [1.54, 1.807) is 20.3 Å². The lowest BCUT2D eigenvalue weighted by molar-refractivity contribution is -0.113. The molecule has 248 valence electrons. The van der Waals surface area contributed by atoms with Crippen LogP contribution in [0.15, 0.2) is 97.4 Å². The van der Waals surface area contributed by atoms with Crippen LogP contribution in [0.25, 0.3) is 27.2 Å². The number of ether oxygens (including phenoxy) is 3. The summed E-state index contributed by atoms with van der Waals surface area (Å²) in [6.07, 6.45) is 5.50. The van der Waals surface area contributed by atoms with Gasteiger partial charge in [0.25, 0.3) is 0 Å². The van der Waals surface area contributed by atoms with Gasteiger partial charge in [-0.25, -0.2) is 9.97 Å². The lowest BCUT2D eigenvalue weighted by atomic mass is 9.94. The second-order valence-corrected chi connectivity index (χ2v) is 12.0. The topological polar surface area (TPSA) is 106 Å². The molecule has 0 radical (unpaired) electrons. The molecule has 0 amide bonds. The van der Waals surface area contributed by atoms with Crippen molar-refractivity contribution in [3.63, 3.8) is 0 Å². The molecule has 0 spiro atoms. The summed E-state index contributed by atoms with van der Waals surface area (Å²) >= 11 is 0. The second-order valence-electron chi connectivity index (χ2n) is 12.0. The van der Waals surface area contributed by atoms with Crippen molar-refractivity contribution in [1.29, 1.82) is 0 Å². The zero-order chi connectivity index (χ0) is 33.7. The average Bonchev–Trinajstić information content (AvgIpc) is 3.13. The van der Waals surface area contributed by atoms with Gasteiger partial charge in [0.1, 0.15) is 18.8 Å². The van der Waals surface area contributed by atoms with E-state index in [0.717, 1.165) is 38.4 Å². The van der Waals surface area contributed by atoms with Crippen molar-refractivity contribution in [1.82, 2.24) is 14.9 Å². The van der Waals surface area contributed by atoms with Gasteiger partial charge in [0.15, 0.2) is 23.1 Å². The SMILES string of the molecule is COCCOc1cc2ncnc(Nc3ccc(N4CCN(Cc5ccc6ccccc6c5)CC4)cc3C3=CC(=O)C=CC3=O)c2cc1OC. The number of hydrogen-bond acceptors (Lipinski definition) is 10. The minimum atomic E-state index is -0.230. The second kappa shape index (κ2) is 14.3. The fraction of sp³-hybridized carbons (Fsp3) is 0.231. The minimum Gasteiger partial charge on any atom is -0.493 e. The molecule has 4 aromatic carbocycles. The molecule has 0 saturated carbocycles. The first-order valence-corrected chi connectivity index (χ1v) is 16.3. The predicted molar refractivity (Wildman–Crippen MR) is 192 cm³/mol. The van der Waals surface area contributed by atoms with E-state index in [0.29, 0.717) is 58.3 Å². The van der Waals surface area contributed by atoms with Gasteiger partial charge in [0.2, 0.25) is 0 Å². The quantitative estimate of drug-likeness (QED) is 0.135. The van der Waals surface area contributed by atoms with E-state index in [-0.39, 0.29) is 11.6 Å². The number of nitrogens with zero attached hydrogens (tertiary/aromatic N) is 4. The van der Waals surface area contributed by atoms with Crippen molar-refractivity contribution in [2.45, 2.75) is 6.54 Å². The molecular weight excluding hydrogens is 618 g/mol. The molecule has 0 unspecified atom stereocenters. The molecule has 2 aliphatic rings. The van der Waals surface area contributed by atoms with Gasteiger partial charge in [-0.05, 0) is 64.9 Å². The Morgan fingerprint density at radius 3 is 2.47 bits per heavy atom. The van der Waals surface area contributed by atoms with Gasteiger partial charge in [-0.3, -0.25) is 14.5 Å². The van der Waals surface area contributed by atoms with Crippen molar-refractivity contribution in [2.24, 2.45) is 0 Å². The Bertz CT molecular complexity index is 2100. The highest BCUT2D eigenvalue weighted by molar-refractivity contribution is 6.34. The smallest absolute Gasteiger partial charge is 0.186 e. The van der Waals surface area contributed by atoms with Crippen LogP contribution in [0.3, 0.4) is 0 Å². The van der Waals surface area contributed by atoms with Crippen LogP contribution in [0, 0.1) is 0 Å². The normalized spacial score (nSPS) is 15.1. The van der Waals surface area contributed by atoms with Gasteiger partial charge in [-0.15, -0.1) is 0 Å². The first kappa shape index (κ1) is 32.0. The molecule has 10 heteroatoms. The van der Waals surface area contributed by atoms with Crippen LogP contribution in [-0.4, -0.2) is 80.0 Å². The number of anilines is 3. The third-order valence-electron chi connectivity index (χ3n) is 8.92. The monoisotopic (exact) mass is 655 g/mol. The van der Waals surface area contributed by atoms with Crippen LogP contribution in [0.1, 0.15) is 11.1 Å². The number of methoxy groups -OCH3 is 2. The summed E-state index contributed by atoms with van der Waals surface area (Å²) in [5, 5.41) is 6.63. The number of carbonyl (C=O) groups excluding carboxylic acids is 2. The van der Waals surface area contributed by atoms with E-state index >= 15 is 0 Å². The molecule has 1 aliphatic heterocycles. The number of carbonyl (C=O) groups is 2. The van der Waals surface area contributed by atoms with E-state index in [2.05, 4.69) is 67.5 Å². The van der Waals surface area contributed by atoms with Gasteiger partial charge in [0, 0.05) is 73.8 Å². The average molecular weight is 656 g/mol. The van der Waals surface area contributed by atoms with Crippen LogP contribution >= 0.6 is 0 Å². The number of nitrogens with one attached hydrogen (secondary N) is 1. The number of fused-ring (bicyclic) bond motifs is 2. The third kappa shape index (κ3) is 7.01. The van der Waals surface area contributed by atoms with Gasteiger partial charge >= 0.3 is 0 Å². The van der Waals surface area contributed by atoms with Crippen LogP contribution < -0.4 is 19.7 Å². The zero-order valence-corrected chi connectivity index (χ0v) is 27.5. The highest BCUT2D eigenvalue weighted by Crippen LogP contribution is 2.37. The Balaban J connectivity index is 1.15. The van der Waals surface area contributed by atoms with E-state index in [4.69, 9.17) is 14.2 Å². The maximum absolute atomic E-state index is 13.2. The standard InChI is InChI=1S/C39H37N5O5/c1-47-17-18-49-38-23-35-33(22-37(38)48-2)39(41-25-40-35)42-34-11-9-29(20-31(34)32-21-30(45)10-12-36(32)46)44-15-13-43(14-16-44)24-26-7-8-27-5-3-4-6-28(27)19-26/h3-12,19-23,25H,13-18,24H2,1-2H3,(H,40,41,42). The number of ketones is 2. The van der Waals surface area contributed by atoms with Crippen LogP contribution in [0.4, 0.5) is 17.2 Å².